The van der Waals surface area contributed by atoms with Crippen LogP contribution in [0.3, 0.4) is 0 Å². The standard InChI is InChI=1S/C18H26ClNO3/c1-17(2,3)15(21)12-20-16(22)18(8-10-23-11-9-18)13-4-6-14(19)7-5-13/h4-7,15,21H,8-12H2,1-3H3,(H,20,22). The molecule has 5 heteroatoms. The van der Waals surface area contributed by atoms with Gasteiger partial charge in [0.25, 0.3) is 0 Å². The second kappa shape index (κ2) is 7.20. The van der Waals surface area contributed by atoms with Gasteiger partial charge in [0.05, 0.1) is 11.5 Å². The quantitative estimate of drug-likeness (QED) is 0.886. The van der Waals surface area contributed by atoms with Crippen molar-refractivity contribution < 1.29 is 14.6 Å². The van der Waals surface area contributed by atoms with E-state index < -0.39 is 11.5 Å². The van der Waals surface area contributed by atoms with Crippen LogP contribution >= 0.6 is 11.6 Å². The van der Waals surface area contributed by atoms with E-state index in [0.717, 1.165) is 5.56 Å². The molecule has 0 radical (unpaired) electrons. The number of hydrogen-bond acceptors (Lipinski definition) is 3. The molecule has 128 valence electrons. The molecule has 2 rings (SSSR count). The normalized spacial score (nSPS) is 19.2. The van der Waals surface area contributed by atoms with Crippen LogP contribution < -0.4 is 5.32 Å². The number of nitrogens with one attached hydrogen (secondary N) is 1. The largest absolute Gasteiger partial charge is 0.391 e. The fourth-order valence-electron chi connectivity index (χ4n) is 2.80. The fourth-order valence-corrected chi connectivity index (χ4v) is 2.93. The number of rotatable bonds is 4. The lowest BCUT2D eigenvalue weighted by Gasteiger charge is -2.37. The van der Waals surface area contributed by atoms with Crippen LogP contribution in [-0.4, -0.2) is 36.9 Å². The number of carbonyl (C=O) groups excluding carboxylic acids is 1. The van der Waals surface area contributed by atoms with Gasteiger partial charge in [-0.05, 0) is 36.0 Å². The monoisotopic (exact) mass is 339 g/mol. The molecule has 0 bridgehead atoms. The van der Waals surface area contributed by atoms with Gasteiger partial charge in [-0.25, -0.2) is 0 Å². The van der Waals surface area contributed by atoms with Gasteiger partial charge in [0, 0.05) is 24.8 Å². The smallest absolute Gasteiger partial charge is 0.230 e. The third-order valence-electron chi connectivity index (χ3n) is 4.63. The van der Waals surface area contributed by atoms with Crippen LogP contribution in [0.1, 0.15) is 39.2 Å². The summed E-state index contributed by atoms with van der Waals surface area (Å²) in [4.78, 5) is 12.9. The molecule has 1 aliphatic heterocycles. The maximum Gasteiger partial charge on any atom is 0.230 e. The van der Waals surface area contributed by atoms with Crippen molar-refractivity contribution >= 4 is 17.5 Å². The lowest BCUT2D eigenvalue weighted by atomic mass is 9.73. The van der Waals surface area contributed by atoms with Gasteiger partial charge < -0.3 is 15.2 Å². The predicted octanol–water partition coefficient (Wildman–Crippen LogP) is 2.91. The summed E-state index contributed by atoms with van der Waals surface area (Å²) < 4.78 is 5.44. The summed E-state index contributed by atoms with van der Waals surface area (Å²) in [5.41, 5.74) is 0.0737. The second-order valence-corrected chi connectivity index (χ2v) is 7.73. The van der Waals surface area contributed by atoms with Crippen molar-refractivity contribution in [2.45, 2.75) is 45.1 Å². The molecule has 1 heterocycles. The first kappa shape index (κ1) is 18.2. The number of ether oxygens (including phenoxy) is 1. The molecular weight excluding hydrogens is 314 g/mol. The molecule has 1 aliphatic rings. The average molecular weight is 340 g/mol. The average Bonchev–Trinajstić information content (AvgIpc) is 2.52. The highest BCUT2D eigenvalue weighted by Crippen LogP contribution is 2.36. The van der Waals surface area contributed by atoms with E-state index in [-0.39, 0.29) is 17.9 Å². The molecule has 0 spiro atoms. The van der Waals surface area contributed by atoms with Crippen molar-refractivity contribution in [2.24, 2.45) is 5.41 Å². The van der Waals surface area contributed by atoms with Gasteiger partial charge in [-0.3, -0.25) is 4.79 Å². The van der Waals surface area contributed by atoms with Gasteiger partial charge in [-0.1, -0.05) is 44.5 Å². The van der Waals surface area contributed by atoms with Crippen molar-refractivity contribution in [2.75, 3.05) is 19.8 Å². The Labute approximate surface area is 143 Å². The van der Waals surface area contributed by atoms with Crippen LogP contribution in [0, 0.1) is 5.41 Å². The summed E-state index contributed by atoms with van der Waals surface area (Å²) in [7, 11) is 0. The Morgan fingerprint density at radius 1 is 1.30 bits per heavy atom. The highest BCUT2D eigenvalue weighted by atomic mass is 35.5. The number of aliphatic hydroxyl groups excluding tert-OH is 1. The summed E-state index contributed by atoms with van der Waals surface area (Å²) in [6.07, 6.45) is 0.673. The maximum absolute atomic E-state index is 12.9. The minimum atomic E-state index is -0.611. The van der Waals surface area contributed by atoms with Crippen molar-refractivity contribution in [1.82, 2.24) is 5.32 Å². The van der Waals surface area contributed by atoms with Crippen molar-refractivity contribution in [3.05, 3.63) is 34.9 Å². The summed E-state index contributed by atoms with van der Waals surface area (Å²) in [6.45, 7) is 7.21. The van der Waals surface area contributed by atoms with E-state index in [0.29, 0.717) is 31.1 Å². The lowest BCUT2D eigenvalue weighted by molar-refractivity contribution is -0.131. The molecule has 0 aromatic heterocycles. The molecule has 0 saturated carbocycles. The molecule has 1 atom stereocenters. The first-order valence-electron chi connectivity index (χ1n) is 8.06. The fraction of sp³-hybridized carbons (Fsp3) is 0.611. The van der Waals surface area contributed by atoms with Gasteiger partial charge in [0.15, 0.2) is 0 Å². The van der Waals surface area contributed by atoms with E-state index in [2.05, 4.69) is 5.32 Å². The zero-order valence-electron chi connectivity index (χ0n) is 14.1. The zero-order chi connectivity index (χ0) is 17.1. The van der Waals surface area contributed by atoms with Crippen LogP contribution in [0.5, 0.6) is 0 Å². The Hall–Kier alpha value is -1.10. The maximum atomic E-state index is 12.9. The molecule has 0 aliphatic carbocycles. The Kier molecular flexibility index (Phi) is 5.71. The molecular formula is C18H26ClNO3. The van der Waals surface area contributed by atoms with Crippen molar-refractivity contribution in [1.29, 1.82) is 0 Å². The Balaban J connectivity index is 2.18. The molecule has 1 amide bonds. The van der Waals surface area contributed by atoms with E-state index in [9.17, 15) is 9.90 Å². The molecule has 1 fully saturated rings. The third kappa shape index (κ3) is 4.25. The number of benzene rings is 1. The Bertz CT molecular complexity index is 530. The van der Waals surface area contributed by atoms with Crippen molar-refractivity contribution in [3.63, 3.8) is 0 Å². The summed E-state index contributed by atoms with van der Waals surface area (Å²) in [5.74, 6) is -0.0496. The molecule has 1 saturated heterocycles. The summed E-state index contributed by atoms with van der Waals surface area (Å²) >= 11 is 5.97. The van der Waals surface area contributed by atoms with Crippen LogP contribution in [0.2, 0.25) is 5.02 Å². The molecule has 1 aromatic carbocycles. The first-order chi connectivity index (χ1) is 10.8. The second-order valence-electron chi connectivity index (χ2n) is 7.29. The molecule has 4 nitrogen and oxygen atoms in total. The molecule has 1 unspecified atom stereocenters. The predicted molar refractivity (Wildman–Crippen MR) is 91.7 cm³/mol. The number of hydrogen-bond donors (Lipinski definition) is 2. The van der Waals surface area contributed by atoms with E-state index >= 15 is 0 Å². The summed E-state index contributed by atoms with van der Waals surface area (Å²) in [6, 6.07) is 7.44. The Morgan fingerprint density at radius 2 is 1.87 bits per heavy atom. The van der Waals surface area contributed by atoms with Crippen molar-refractivity contribution in [3.8, 4) is 0 Å². The number of aliphatic hydroxyl groups is 1. The molecule has 2 N–H and O–H groups in total. The minimum Gasteiger partial charge on any atom is -0.391 e. The van der Waals surface area contributed by atoms with Gasteiger partial charge in [-0.15, -0.1) is 0 Å². The van der Waals surface area contributed by atoms with Crippen LogP contribution in [0.25, 0.3) is 0 Å². The SMILES string of the molecule is CC(C)(C)C(O)CNC(=O)C1(c2ccc(Cl)cc2)CCOCC1. The highest BCUT2D eigenvalue weighted by molar-refractivity contribution is 6.30. The number of carbonyl (C=O) groups is 1. The van der Waals surface area contributed by atoms with Crippen LogP contribution in [0.15, 0.2) is 24.3 Å². The van der Waals surface area contributed by atoms with E-state index in [1.807, 2.05) is 45.0 Å². The van der Waals surface area contributed by atoms with Crippen LogP contribution in [-0.2, 0) is 14.9 Å². The molecule has 1 aromatic rings. The molecule has 23 heavy (non-hydrogen) atoms. The zero-order valence-corrected chi connectivity index (χ0v) is 14.8. The van der Waals surface area contributed by atoms with Gasteiger partial charge >= 0.3 is 0 Å². The van der Waals surface area contributed by atoms with E-state index in [1.165, 1.54) is 0 Å². The highest BCUT2D eigenvalue weighted by Gasteiger charge is 2.42. The van der Waals surface area contributed by atoms with Crippen LogP contribution in [0.4, 0.5) is 0 Å². The van der Waals surface area contributed by atoms with E-state index in [4.69, 9.17) is 16.3 Å². The third-order valence-corrected chi connectivity index (χ3v) is 4.89. The minimum absolute atomic E-state index is 0.0496. The summed E-state index contributed by atoms with van der Waals surface area (Å²) in [5, 5.41) is 13.8. The van der Waals surface area contributed by atoms with Gasteiger partial charge in [0.2, 0.25) is 5.91 Å². The van der Waals surface area contributed by atoms with E-state index in [1.54, 1.807) is 0 Å². The lowest BCUT2D eigenvalue weighted by Crippen LogP contribution is -2.50. The first-order valence-corrected chi connectivity index (χ1v) is 8.44. The topological polar surface area (TPSA) is 58.6 Å². The number of halogens is 1. The number of amides is 1. The van der Waals surface area contributed by atoms with Gasteiger partial charge in [0.1, 0.15) is 0 Å². The Morgan fingerprint density at radius 3 is 2.39 bits per heavy atom. The van der Waals surface area contributed by atoms with Gasteiger partial charge in [-0.2, -0.15) is 0 Å².